The maximum absolute atomic E-state index is 12.5. The van der Waals surface area contributed by atoms with Gasteiger partial charge < -0.3 is 14.4 Å². The Kier molecular flexibility index (Phi) is 4.71. The van der Waals surface area contributed by atoms with Crippen molar-refractivity contribution < 1.29 is 19.1 Å². The molecule has 1 aromatic heterocycles. The van der Waals surface area contributed by atoms with Gasteiger partial charge in [0, 0.05) is 29.3 Å². The Labute approximate surface area is 138 Å². The van der Waals surface area contributed by atoms with Crippen molar-refractivity contribution in [2.75, 3.05) is 13.1 Å². The first-order valence-electron chi connectivity index (χ1n) is 7.41. The fourth-order valence-electron chi connectivity index (χ4n) is 2.60. The Morgan fingerprint density at radius 2 is 2.04 bits per heavy atom. The minimum atomic E-state index is -0.848. The standard InChI is InChI=1S/C17H17NO4S/c19-16(18-8-6-12(10-18)17(20)21)15-13(7-9-22-15)11-23-14-4-2-1-3-5-14/h1-5,7,9,12H,6,8,10-11H2,(H,20,21). The number of hydrogen-bond acceptors (Lipinski definition) is 4. The van der Waals surface area contributed by atoms with Crippen LogP contribution in [0.15, 0.2) is 52.0 Å². The zero-order chi connectivity index (χ0) is 16.2. The van der Waals surface area contributed by atoms with Crippen LogP contribution in [-0.2, 0) is 10.5 Å². The second-order valence-electron chi connectivity index (χ2n) is 5.45. The van der Waals surface area contributed by atoms with Crippen LogP contribution in [0.4, 0.5) is 0 Å². The van der Waals surface area contributed by atoms with E-state index >= 15 is 0 Å². The number of rotatable bonds is 5. The van der Waals surface area contributed by atoms with Crippen LogP contribution in [0.3, 0.4) is 0 Å². The van der Waals surface area contributed by atoms with Crippen molar-refractivity contribution in [3.05, 3.63) is 54.0 Å². The molecule has 0 aliphatic carbocycles. The average Bonchev–Trinajstić information content (AvgIpc) is 3.22. The molecule has 0 spiro atoms. The Morgan fingerprint density at radius 3 is 2.74 bits per heavy atom. The third-order valence-corrected chi connectivity index (χ3v) is 4.96. The Hall–Kier alpha value is -2.21. The number of furan rings is 1. The molecule has 0 radical (unpaired) electrons. The van der Waals surface area contributed by atoms with E-state index in [0.717, 1.165) is 10.5 Å². The van der Waals surface area contributed by atoms with Gasteiger partial charge in [-0.1, -0.05) is 18.2 Å². The van der Waals surface area contributed by atoms with Crippen LogP contribution in [0.25, 0.3) is 0 Å². The smallest absolute Gasteiger partial charge is 0.308 e. The van der Waals surface area contributed by atoms with Gasteiger partial charge in [-0.05, 0) is 24.6 Å². The van der Waals surface area contributed by atoms with E-state index in [2.05, 4.69) is 0 Å². The van der Waals surface area contributed by atoms with Gasteiger partial charge in [-0.2, -0.15) is 0 Å². The Bertz CT molecular complexity index is 698. The highest BCUT2D eigenvalue weighted by Gasteiger charge is 2.33. The monoisotopic (exact) mass is 331 g/mol. The van der Waals surface area contributed by atoms with Gasteiger partial charge in [-0.3, -0.25) is 9.59 Å². The number of carbonyl (C=O) groups is 2. The van der Waals surface area contributed by atoms with E-state index in [0.29, 0.717) is 24.5 Å². The summed E-state index contributed by atoms with van der Waals surface area (Å²) in [6, 6.07) is 11.7. The molecular formula is C17H17NO4S. The predicted octanol–water partition coefficient (Wildman–Crippen LogP) is 3.12. The molecule has 1 amide bonds. The van der Waals surface area contributed by atoms with Gasteiger partial charge in [0.1, 0.15) is 0 Å². The molecule has 1 fully saturated rings. The first kappa shape index (κ1) is 15.7. The van der Waals surface area contributed by atoms with Gasteiger partial charge in [0.25, 0.3) is 5.91 Å². The lowest BCUT2D eigenvalue weighted by Crippen LogP contribution is -2.30. The van der Waals surface area contributed by atoms with Crippen molar-refractivity contribution in [2.45, 2.75) is 17.1 Å². The van der Waals surface area contributed by atoms with E-state index in [1.807, 2.05) is 30.3 Å². The zero-order valence-electron chi connectivity index (χ0n) is 12.5. The van der Waals surface area contributed by atoms with Crippen molar-refractivity contribution in [1.29, 1.82) is 0 Å². The van der Waals surface area contributed by atoms with Gasteiger partial charge in [0.15, 0.2) is 5.76 Å². The topological polar surface area (TPSA) is 70.8 Å². The SMILES string of the molecule is O=C(O)C1CCN(C(=O)c2occc2CSc2ccccc2)C1. The summed E-state index contributed by atoms with van der Waals surface area (Å²) in [6.07, 6.45) is 2.01. The minimum absolute atomic E-state index is 0.220. The number of carboxylic acids is 1. The molecule has 1 unspecified atom stereocenters. The second-order valence-corrected chi connectivity index (χ2v) is 6.50. The number of carbonyl (C=O) groups excluding carboxylic acids is 1. The maximum Gasteiger partial charge on any atom is 0.308 e. The van der Waals surface area contributed by atoms with Crippen molar-refractivity contribution in [1.82, 2.24) is 4.90 Å². The van der Waals surface area contributed by atoms with E-state index in [1.54, 1.807) is 22.7 Å². The molecule has 3 rings (SSSR count). The molecule has 1 N–H and O–H groups in total. The molecule has 23 heavy (non-hydrogen) atoms. The summed E-state index contributed by atoms with van der Waals surface area (Å²) >= 11 is 1.63. The highest BCUT2D eigenvalue weighted by molar-refractivity contribution is 7.98. The van der Waals surface area contributed by atoms with E-state index in [9.17, 15) is 9.59 Å². The molecular weight excluding hydrogens is 314 g/mol. The van der Waals surface area contributed by atoms with Gasteiger partial charge in [0.2, 0.25) is 0 Å². The van der Waals surface area contributed by atoms with Crippen LogP contribution < -0.4 is 0 Å². The molecule has 2 heterocycles. The maximum atomic E-state index is 12.5. The average molecular weight is 331 g/mol. The van der Waals surface area contributed by atoms with Crippen molar-refractivity contribution in [3.8, 4) is 0 Å². The van der Waals surface area contributed by atoms with Gasteiger partial charge in [-0.15, -0.1) is 11.8 Å². The third kappa shape index (κ3) is 3.59. The number of likely N-dealkylation sites (tertiary alicyclic amines) is 1. The number of thioether (sulfide) groups is 1. The van der Waals surface area contributed by atoms with Crippen LogP contribution in [0.5, 0.6) is 0 Å². The van der Waals surface area contributed by atoms with Crippen molar-refractivity contribution in [2.24, 2.45) is 5.92 Å². The van der Waals surface area contributed by atoms with Crippen LogP contribution in [-0.4, -0.2) is 35.0 Å². The highest BCUT2D eigenvalue weighted by Crippen LogP contribution is 2.27. The Morgan fingerprint density at radius 1 is 1.26 bits per heavy atom. The summed E-state index contributed by atoms with van der Waals surface area (Å²) in [7, 11) is 0. The van der Waals surface area contributed by atoms with E-state index in [-0.39, 0.29) is 12.5 Å². The summed E-state index contributed by atoms with van der Waals surface area (Å²) in [5.74, 6) is -0.588. The summed E-state index contributed by atoms with van der Waals surface area (Å²) in [4.78, 5) is 26.2. The normalized spacial score (nSPS) is 17.4. The predicted molar refractivity (Wildman–Crippen MR) is 86.4 cm³/mol. The first-order valence-corrected chi connectivity index (χ1v) is 8.40. The molecule has 1 atom stereocenters. The molecule has 120 valence electrons. The summed E-state index contributed by atoms with van der Waals surface area (Å²) in [6.45, 7) is 0.710. The third-order valence-electron chi connectivity index (χ3n) is 3.90. The number of nitrogens with zero attached hydrogens (tertiary/aromatic N) is 1. The summed E-state index contributed by atoms with van der Waals surface area (Å²) in [5, 5.41) is 9.04. The van der Waals surface area contributed by atoms with Crippen molar-refractivity contribution in [3.63, 3.8) is 0 Å². The fraction of sp³-hybridized carbons (Fsp3) is 0.294. The molecule has 1 aromatic carbocycles. The van der Waals surface area contributed by atoms with E-state index in [4.69, 9.17) is 9.52 Å². The molecule has 2 aromatic rings. The highest BCUT2D eigenvalue weighted by atomic mass is 32.2. The zero-order valence-corrected chi connectivity index (χ0v) is 13.3. The minimum Gasteiger partial charge on any atom is -0.481 e. The lowest BCUT2D eigenvalue weighted by Gasteiger charge is -2.15. The van der Waals surface area contributed by atoms with Gasteiger partial charge in [-0.25, -0.2) is 0 Å². The molecule has 5 nitrogen and oxygen atoms in total. The van der Waals surface area contributed by atoms with E-state index in [1.165, 1.54) is 6.26 Å². The molecule has 6 heteroatoms. The van der Waals surface area contributed by atoms with Crippen LogP contribution in [0.1, 0.15) is 22.5 Å². The Balaban J connectivity index is 1.66. The van der Waals surface area contributed by atoms with Crippen molar-refractivity contribution >= 4 is 23.6 Å². The van der Waals surface area contributed by atoms with Gasteiger partial charge in [0.05, 0.1) is 12.2 Å². The summed E-state index contributed by atoms with van der Waals surface area (Å²) in [5.41, 5.74) is 0.836. The lowest BCUT2D eigenvalue weighted by molar-refractivity contribution is -0.141. The number of benzene rings is 1. The van der Waals surface area contributed by atoms with Crippen LogP contribution in [0.2, 0.25) is 0 Å². The van der Waals surface area contributed by atoms with Gasteiger partial charge >= 0.3 is 5.97 Å². The molecule has 1 aliphatic rings. The van der Waals surface area contributed by atoms with Crippen LogP contribution >= 0.6 is 11.8 Å². The number of aliphatic carboxylic acids is 1. The second kappa shape index (κ2) is 6.91. The lowest BCUT2D eigenvalue weighted by atomic mass is 10.1. The largest absolute Gasteiger partial charge is 0.481 e. The number of carboxylic acid groups (broad SMARTS) is 1. The van der Waals surface area contributed by atoms with Crippen LogP contribution in [0, 0.1) is 5.92 Å². The summed E-state index contributed by atoms with van der Waals surface area (Å²) < 4.78 is 5.37. The fourth-order valence-corrected chi connectivity index (χ4v) is 3.50. The number of amides is 1. The van der Waals surface area contributed by atoms with E-state index < -0.39 is 11.9 Å². The molecule has 0 bridgehead atoms. The first-order chi connectivity index (χ1) is 11.1. The molecule has 1 aliphatic heterocycles. The quantitative estimate of drug-likeness (QED) is 0.853. The molecule has 1 saturated heterocycles. The molecule has 0 saturated carbocycles. The number of hydrogen-bond donors (Lipinski definition) is 1.